The Morgan fingerprint density at radius 2 is 2.11 bits per heavy atom. The number of carboxylic acids is 1. The topological polar surface area (TPSA) is 54.4 Å². The van der Waals surface area contributed by atoms with E-state index in [4.69, 9.17) is 5.11 Å². The van der Waals surface area contributed by atoms with Gasteiger partial charge in [0.1, 0.15) is 0 Å². The lowest BCUT2D eigenvalue weighted by atomic mass is 10.1. The summed E-state index contributed by atoms with van der Waals surface area (Å²) < 4.78 is 12.9. The second kappa shape index (κ2) is 7.04. The first-order valence-electron chi connectivity index (χ1n) is 5.83. The number of hydrogen-bond acceptors (Lipinski definition) is 2. The third kappa shape index (κ3) is 4.53. The summed E-state index contributed by atoms with van der Waals surface area (Å²) in [6.07, 6.45) is 1.85. The molecule has 0 aliphatic rings. The second-order valence-corrected chi connectivity index (χ2v) is 6.99. The van der Waals surface area contributed by atoms with Gasteiger partial charge in [0.15, 0.2) is 0 Å². The molecular weight excluding hydrogens is 316 g/mol. The maximum Gasteiger partial charge on any atom is 0.336 e. The summed E-state index contributed by atoms with van der Waals surface area (Å²) in [5.74, 6) is 0.0488. The van der Waals surface area contributed by atoms with Gasteiger partial charge in [0.2, 0.25) is 0 Å². The van der Waals surface area contributed by atoms with Crippen LogP contribution < -0.4 is 0 Å². The van der Waals surface area contributed by atoms with Gasteiger partial charge in [0.05, 0.1) is 21.3 Å². The molecule has 1 rings (SSSR count). The average Bonchev–Trinajstić information content (AvgIpc) is 2.27. The number of carbonyl (C=O) groups is 1. The molecule has 0 saturated heterocycles. The summed E-state index contributed by atoms with van der Waals surface area (Å²) in [7, 11) is -1.25. The van der Waals surface area contributed by atoms with Crippen molar-refractivity contribution in [2.24, 2.45) is 5.92 Å². The van der Waals surface area contributed by atoms with E-state index in [1.807, 2.05) is 0 Å². The van der Waals surface area contributed by atoms with E-state index in [9.17, 15) is 9.00 Å². The van der Waals surface area contributed by atoms with Crippen molar-refractivity contribution in [3.05, 3.63) is 28.2 Å². The average molecular weight is 333 g/mol. The van der Waals surface area contributed by atoms with Gasteiger partial charge in [0, 0.05) is 10.2 Å². The van der Waals surface area contributed by atoms with E-state index >= 15 is 0 Å². The highest BCUT2D eigenvalue weighted by molar-refractivity contribution is 9.10. The van der Waals surface area contributed by atoms with E-state index in [1.165, 1.54) is 6.07 Å². The molecular formula is C13H17BrO3S. The molecule has 1 unspecified atom stereocenters. The minimum atomic E-state index is -1.25. The van der Waals surface area contributed by atoms with Crippen LogP contribution in [0.5, 0.6) is 0 Å². The van der Waals surface area contributed by atoms with Crippen LogP contribution in [0.1, 0.15) is 37.0 Å². The molecule has 18 heavy (non-hydrogen) atoms. The van der Waals surface area contributed by atoms with E-state index in [2.05, 4.69) is 29.8 Å². The molecule has 1 N–H and O–H groups in total. The zero-order valence-electron chi connectivity index (χ0n) is 10.5. The Balaban J connectivity index is 2.84. The first-order chi connectivity index (χ1) is 8.41. The number of halogens is 1. The van der Waals surface area contributed by atoms with Gasteiger partial charge < -0.3 is 5.11 Å². The lowest BCUT2D eigenvalue weighted by molar-refractivity contribution is 0.0693. The van der Waals surface area contributed by atoms with Gasteiger partial charge in [-0.25, -0.2) is 4.79 Å². The highest BCUT2D eigenvalue weighted by Crippen LogP contribution is 2.21. The standard InChI is InChI=1S/C13H17BrO3S/c1-9(2)4-3-7-18(17)12-8-10(14)5-6-11(12)13(15)16/h5-6,8-9H,3-4,7H2,1-2H3,(H,15,16). The van der Waals surface area contributed by atoms with Crippen LogP contribution >= 0.6 is 15.9 Å². The highest BCUT2D eigenvalue weighted by Gasteiger charge is 2.15. The number of benzene rings is 1. The molecule has 0 fully saturated rings. The fraction of sp³-hybridized carbons (Fsp3) is 0.462. The summed E-state index contributed by atoms with van der Waals surface area (Å²) in [6.45, 7) is 4.23. The fourth-order valence-electron chi connectivity index (χ4n) is 1.59. The summed E-state index contributed by atoms with van der Waals surface area (Å²) in [5.41, 5.74) is 0.126. The Morgan fingerprint density at radius 3 is 2.67 bits per heavy atom. The molecule has 1 atom stereocenters. The molecule has 0 spiro atoms. The zero-order chi connectivity index (χ0) is 13.7. The number of hydrogen-bond donors (Lipinski definition) is 1. The smallest absolute Gasteiger partial charge is 0.336 e. The third-order valence-electron chi connectivity index (χ3n) is 2.53. The van der Waals surface area contributed by atoms with Crippen molar-refractivity contribution in [2.45, 2.75) is 31.6 Å². The molecule has 0 heterocycles. The van der Waals surface area contributed by atoms with Gasteiger partial charge in [0.25, 0.3) is 0 Å². The van der Waals surface area contributed by atoms with Crippen molar-refractivity contribution in [3.63, 3.8) is 0 Å². The van der Waals surface area contributed by atoms with Crippen molar-refractivity contribution in [1.82, 2.24) is 0 Å². The van der Waals surface area contributed by atoms with Gasteiger partial charge in [-0.05, 0) is 30.5 Å². The van der Waals surface area contributed by atoms with Crippen molar-refractivity contribution >= 4 is 32.7 Å². The minimum absolute atomic E-state index is 0.126. The molecule has 3 nitrogen and oxygen atoms in total. The summed E-state index contributed by atoms with van der Waals surface area (Å²) in [5, 5.41) is 9.07. The SMILES string of the molecule is CC(C)CCCS(=O)c1cc(Br)ccc1C(=O)O. The summed E-state index contributed by atoms with van der Waals surface area (Å²) >= 11 is 3.28. The quantitative estimate of drug-likeness (QED) is 0.864. The van der Waals surface area contributed by atoms with Crippen molar-refractivity contribution < 1.29 is 14.1 Å². The number of carboxylic acid groups (broad SMARTS) is 1. The molecule has 0 amide bonds. The molecule has 0 aliphatic carbocycles. The molecule has 1 aromatic rings. The Labute approximate surface area is 118 Å². The molecule has 0 saturated carbocycles. The second-order valence-electron chi connectivity index (χ2n) is 4.53. The van der Waals surface area contributed by atoms with Gasteiger partial charge in [-0.3, -0.25) is 4.21 Å². The van der Waals surface area contributed by atoms with Gasteiger partial charge in [-0.1, -0.05) is 36.2 Å². The molecule has 100 valence electrons. The molecule has 5 heteroatoms. The normalized spacial score (nSPS) is 12.7. The largest absolute Gasteiger partial charge is 0.478 e. The van der Waals surface area contributed by atoms with Crippen molar-refractivity contribution in [2.75, 3.05) is 5.75 Å². The van der Waals surface area contributed by atoms with Gasteiger partial charge in [-0.15, -0.1) is 0 Å². The van der Waals surface area contributed by atoms with E-state index in [0.717, 1.165) is 17.3 Å². The Hall–Kier alpha value is -0.680. The molecule has 0 aromatic heterocycles. The predicted molar refractivity (Wildman–Crippen MR) is 76.4 cm³/mol. The van der Waals surface area contributed by atoms with E-state index < -0.39 is 16.8 Å². The van der Waals surface area contributed by atoms with Crippen LogP contribution in [0.3, 0.4) is 0 Å². The lowest BCUT2D eigenvalue weighted by Gasteiger charge is -2.08. The third-order valence-corrected chi connectivity index (χ3v) is 4.51. The number of rotatable bonds is 6. The molecule has 0 radical (unpaired) electrons. The zero-order valence-corrected chi connectivity index (χ0v) is 12.9. The minimum Gasteiger partial charge on any atom is -0.478 e. The lowest BCUT2D eigenvalue weighted by Crippen LogP contribution is -2.07. The van der Waals surface area contributed by atoms with Crippen LogP contribution in [0.15, 0.2) is 27.6 Å². The van der Waals surface area contributed by atoms with Crippen LogP contribution in [0.25, 0.3) is 0 Å². The van der Waals surface area contributed by atoms with Crippen molar-refractivity contribution in [1.29, 1.82) is 0 Å². The summed E-state index contributed by atoms with van der Waals surface area (Å²) in [4.78, 5) is 11.5. The van der Waals surface area contributed by atoms with Crippen LogP contribution in [-0.4, -0.2) is 21.0 Å². The van der Waals surface area contributed by atoms with Gasteiger partial charge in [-0.2, -0.15) is 0 Å². The maximum atomic E-state index is 12.1. The predicted octanol–water partition coefficient (Wildman–Crippen LogP) is 3.69. The maximum absolute atomic E-state index is 12.1. The van der Waals surface area contributed by atoms with Crippen molar-refractivity contribution in [3.8, 4) is 0 Å². The summed E-state index contributed by atoms with van der Waals surface area (Å²) in [6, 6.07) is 4.77. The molecule has 0 bridgehead atoms. The van der Waals surface area contributed by atoms with Crippen LogP contribution in [0.4, 0.5) is 0 Å². The van der Waals surface area contributed by atoms with Crippen LogP contribution in [0.2, 0.25) is 0 Å². The number of aromatic carboxylic acids is 1. The fourth-order valence-corrected chi connectivity index (χ4v) is 3.41. The van der Waals surface area contributed by atoms with Crippen LogP contribution in [0, 0.1) is 5.92 Å². The highest BCUT2D eigenvalue weighted by atomic mass is 79.9. The van der Waals surface area contributed by atoms with Crippen LogP contribution in [-0.2, 0) is 10.8 Å². The Morgan fingerprint density at radius 1 is 1.44 bits per heavy atom. The van der Waals surface area contributed by atoms with E-state index in [0.29, 0.717) is 16.6 Å². The molecule has 1 aromatic carbocycles. The van der Waals surface area contributed by atoms with E-state index in [1.54, 1.807) is 12.1 Å². The Kier molecular flexibility index (Phi) is 6.02. The van der Waals surface area contributed by atoms with Gasteiger partial charge >= 0.3 is 5.97 Å². The van der Waals surface area contributed by atoms with E-state index in [-0.39, 0.29) is 5.56 Å². The Bertz CT molecular complexity index is 458. The first-order valence-corrected chi connectivity index (χ1v) is 7.94. The first kappa shape index (κ1) is 15.4. The monoisotopic (exact) mass is 332 g/mol. The molecule has 0 aliphatic heterocycles.